The number of benzene rings is 2. The summed E-state index contributed by atoms with van der Waals surface area (Å²) in [5.41, 5.74) is 6.78. The number of anilines is 2. The average molecular weight is 489 g/mol. The standard InChI is InChI=1S/C28H32N4O4/c1-5-36-28(35)25-21-12-14-31(22-11-9-20(16-19(22)4)30-13-6-7-24(30)33)27(34)26(21)32(29-25)23-10-8-17(2)15-18(23)3/h8-11,15-16,24,33H,5-7,12-14H2,1-4H3. The largest absolute Gasteiger partial charge is 0.461 e. The molecule has 2 aliphatic rings. The lowest BCUT2D eigenvalue weighted by Crippen LogP contribution is -2.39. The molecular formula is C28H32N4O4. The number of aliphatic hydroxyl groups excluding tert-OH is 1. The zero-order valence-corrected chi connectivity index (χ0v) is 21.2. The van der Waals surface area contributed by atoms with Crippen LogP contribution in [0.25, 0.3) is 5.69 Å². The highest BCUT2D eigenvalue weighted by molar-refractivity contribution is 6.09. The smallest absolute Gasteiger partial charge is 0.359 e. The maximum atomic E-state index is 14.0. The molecule has 3 aromatic rings. The average Bonchev–Trinajstić information content (AvgIpc) is 3.44. The summed E-state index contributed by atoms with van der Waals surface area (Å²) >= 11 is 0. The van der Waals surface area contributed by atoms with Crippen LogP contribution in [0.3, 0.4) is 0 Å². The fourth-order valence-electron chi connectivity index (χ4n) is 5.34. The molecule has 8 heteroatoms. The van der Waals surface area contributed by atoms with Crippen molar-refractivity contribution in [2.24, 2.45) is 0 Å². The fourth-order valence-corrected chi connectivity index (χ4v) is 5.34. The maximum absolute atomic E-state index is 14.0. The number of hydrogen-bond acceptors (Lipinski definition) is 6. The first-order chi connectivity index (χ1) is 17.3. The number of ether oxygens (including phenoxy) is 1. The van der Waals surface area contributed by atoms with Crippen LogP contribution in [0.2, 0.25) is 0 Å². The second-order valence-electron chi connectivity index (χ2n) is 9.59. The van der Waals surface area contributed by atoms with Crippen LogP contribution in [0.1, 0.15) is 63.0 Å². The van der Waals surface area contributed by atoms with E-state index in [4.69, 9.17) is 4.74 Å². The minimum atomic E-state index is -0.511. The van der Waals surface area contributed by atoms with Crippen molar-refractivity contribution in [3.8, 4) is 5.69 Å². The zero-order chi connectivity index (χ0) is 25.6. The lowest BCUT2D eigenvalue weighted by atomic mass is 10.0. The molecule has 0 spiro atoms. The molecule has 2 aliphatic heterocycles. The van der Waals surface area contributed by atoms with Gasteiger partial charge in [0.2, 0.25) is 0 Å². The third-order valence-corrected chi connectivity index (χ3v) is 7.09. The molecule has 1 atom stereocenters. The van der Waals surface area contributed by atoms with Crippen LogP contribution < -0.4 is 9.80 Å². The Morgan fingerprint density at radius 1 is 1.08 bits per heavy atom. The number of hydrogen-bond donors (Lipinski definition) is 1. The number of aromatic nitrogens is 2. The van der Waals surface area contributed by atoms with Crippen LogP contribution >= 0.6 is 0 Å². The highest BCUT2D eigenvalue weighted by Crippen LogP contribution is 2.34. The predicted molar refractivity (Wildman–Crippen MR) is 138 cm³/mol. The van der Waals surface area contributed by atoms with Gasteiger partial charge >= 0.3 is 5.97 Å². The summed E-state index contributed by atoms with van der Waals surface area (Å²) in [6, 6.07) is 11.9. The molecule has 1 aromatic heterocycles. The van der Waals surface area contributed by atoms with E-state index < -0.39 is 12.2 Å². The number of esters is 1. The molecule has 1 amide bonds. The normalized spacial score (nSPS) is 17.5. The van der Waals surface area contributed by atoms with E-state index in [1.165, 1.54) is 0 Å². The number of nitrogens with zero attached hydrogens (tertiary/aromatic N) is 4. The summed E-state index contributed by atoms with van der Waals surface area (Å²) in [6.07, 6.45) is 1.74. The molecule has 2 aromatic carbocycles. The predicted octanol–water partition coefficient (Wildman–Crippen LogP) is 4.10. The zero-order valence-electron chi connectivity index (χ0n) is 21.2. The highest BCUT2D eigenvalue weighted by atomic mass is 16.5. The van der Waals surface area contributed by atoms with E-state index in [1.807, 2.05) is 62.1 Å². The molecule has 0 bridgehead atoms. The molecule has 3 heterocycles. The monoisotopic (exact) mass is 488 g/mol. The molecule has 0 radical (unpaired) electrons. The Kier molecular flexibility index (Phi) is 6.30. The lowest BCUT2D eigenvalue weighted by molar-refractivity contribution is 0.0517. The van der Waals surface area contributed by atoms with E-state index in [9.17, 15) is 14.7 Å². The van der Waals surface area contributed by atoms with Gasteiger partial charge in [-0.05, 0) is 82.3 Å². The number of aryl methyl sites for hydroxylation is 3. The minimum absolute atomic E-state index is 0.198. The van der Waals surface area contributed by atoms with E-state index in [0.717, 1.165) is 53.1 Å². The van der Waals surface area contributed by atoms with Crippen molar-refractivity contribution in [1.29, 1.82) is 0 Å². The van der Waals surface area contributed by atoms with Crippen molar-refractivity contribution in [2.45, 2.75) is 53.2 Å². The number of amides is 1. The lowest BCUT2D eigenvalue weighted by Gasteiger charge is -2.30. The van der Waals surface area contributed by atoms with Crippen molar-refractivity contribution >= 4 is 23.3 Å². The quantitative estimate of drug-likeness (QED) is 0.544. The third-order valence-electron chi connectivity index (χ3n) is 7.09. The van der Waals surface area contributed by atoms with Crippen molar-refractivity contribution in [1.82, 2.24) is 9.78 Å². The van der Waals surface area contributed by atoms with E-state index in [2.05, 4.69) is 5.10 Å². The Labute approximate surface area is 211 Å². The van der Waals surface area contributed by atoms with Crippen LogP contribution in [0, 0.1) is 20.8 Å². The van der Waals surface area contributed by atoms with Crippen molar-refractivity contribution in [3.05, 3.63) is 70.0 Å². The molecule has 1 unspecified atom stereocenters. The van der Waals surface area contributed by atoms with E-state index >= 15 is 0 Å². The van der Waals surface area contributed by atoms with Gasteiger partial charge in [0.05, 0.1) is 12.3 Å². The Hall–Kier alpha value is -3.65. The number of fused-ring (bicyclic) bond motifs is 1. The van der Waals surface area contributed by atoms with Crippen LogP contribution in [-0.4, -0.2) is 52.7 Å². The highest BCUT2D eigenvalue weighted by Gasteiger charge is 2.36. The van der Waals surface area contributed by atoms with Crippen LogP contribution in [0.5, 0.6) is 0 Å². The summed E-state index contributed by atoms with van der Waals surface area (Å²) in [6.45, 7) is 9.21. The topological polar surface area (TPSA) is 87.9 Å². The van der Waals surface area contributed by atoms with Crippen molar-refractivity contribution in [2.75, 3.05) is 29.5 Å². The molecule has 8 nitrogen and oxygen atoms in total. The summed E-state index contributed by atoms with van der Waals surface area (Å²) in [5.74, 6) is -0.709. The van der Waals surface area contributed by atoms with Gasteiger partial charge in [-0.15, -0.1) is 0 Å². The molecule has 5 rings (SSSR count). The van der Waals surface area contributed by atoms with E-state index in [1.54, 1.807) is 16.5 Å². The summed E-state index contributed by atoms with van der Waals surface area (Å²) < 4.78 is 6.87. The van der Waals surface area contributed by atoms with Crippen LogP contribution in [0.4, 0.5) is 11.4 Å². The molecule has 1 fully saturated rings. The van der Waals surface area contributed by atoms with Gasteiger partial charge < -0.3 is 19.6 Å². The molecule has 0 saturated carbocycles. The number of aliphatic hydroxyl groups is 1. The second-order valence-corrected chi connectivity index (χ2v) is 9.59. The molecule has 188 valence electrons. The minimum Gasteiger partial charge on any atom is -0.461 e. The van der Waals surface area contributed by atoms with Gasteiger partial charge in [-0.25, -0.2) is 9.48 Å². The van der Waals surface area contributed by atoms with Crippen LogP contribution in [0.15, 0.2) is 36.4 Å². The first-order valence-corrected chi connectivity index (χ1v) is 12.5. The summed E-state index contributed by atoms with van der Waals surface area (Å²) in [5, 5.41) is 14.9. The van der Waals surface area contributed by atoms with Gasteiger partial charge in [0.25, 0.3) is 5.91 Å². The van der Waals surface area contributed by atoms with Gasteiger partial charge in [0, 0.05) is 30.0 Å². The summed E-state index contributed by atoms with van der Waals surface area (Å²) in [4.78, 5) is 30.5. The van der Waals surface area contributed by atoms with Gasteiger partial charge in [-0.2, -0.15) is 5.10 Å². The first-order valence-electron chi connectivity index (χ1n) is 12.5. The summed E-state index contributed by atoms with van der Waals surface area (Å²) in [7, 11) is 0. The Morgan fingerprint density at radius 3 is 2.50 bits per heavy atom. The second kappa shape index (κ2) is 9.43. The third kappa shape index (κ3) is 4.05. The van der Waals surface area contributed by atoms with Crippen molar-refractivity contribution in [3.63, 3.8) is 0 Å². The SMILES string of the molecule is CCOC(=O)c1nn(-c2ccc(C)cc2C)c2c1CCN(c1ccc(N3CCCC3O)cc1C)C2=O. The molecule has 1 N–H and O–H groups in total. The maximum Gasteiger partial charge on any atom is 0.359 e. The molecule has 36 heavy (non-hydrogen) atoms. The van der Waals surface area contributed by atoms with Crippen LogP contribution in [-0.2, 0) is 11.2 Å². The van der Waals surface area contributed by atoms with Crippen molar-refractivity contribution < 1.29 is 19.4 Å². The molecular weight excluding hydrogens is 456 g/mol. The van der Waals surface area contributed by atoms with Gasteiger partial charge in [-0.3, -0.25) is 4.79 Å². The fraction of sp³-hybridized carbons (Fsp3) is 0.393. The number of carbonyl (C=O) groups excluding carboxylic acids is 2. The number of rotatable bonds is 5. The molecule has 0 aliphatic carbocycles. The Bertz CT molecular complexity index is 1350. The van der Waals surface area contributed by atoms with E-state index in [-0.39, 0.29) is 18.2 Å². The number of carbonyl (C=O) groups is 2. The van der Waals surface area contributed by atoms with Gasteiger partial charge in [0.1, 0.15) is 11.9 Å². The Morgan fingerprint density at radius 2 is 1.83 bits per heavy atom. The first kappa shape index (κ1) is 24.1. The van der Waals surface area contributed by atoms with Gasteiger partial charge in [0.15, 0.2) is 5.69 Å². The Balaban J connectivity index is 1.57. The van der Waals surface area contributed by atoms with Gasteiger partial charge in [-0.1, -0.05) is 17.7 Å². The van der Waals surface area contributed by atoms with E-state index in [0.29, 0.717) is 24.2 Å². The molecule has 1 saturated heterocycles.